The summed E-state index contributed by atoms with van der Waals surface area (Å²) in [6, 6.07) is -0.318. The van der Waals surface area contributed by atoms with Crippen LogP contribution in [0.3, 0.4) is 0 Å². The number of amides is 3. The summed E-state index contributed by atoms with van der Waals surface area (Å²) in [5.74, 6) is 0.174. The highest BCUT2D eigenvalue weighted by molar-refractivity contribution is 7.15. The number of aromatic nitrogens is 2. The maximum absolute atomic E-state index is 11.8. The first-order valence-corrected chi connectivity index (χ1v) is 8.34. The van der Waals surface area contributed by atoms with Gasteiger partial charge >= 0.3 is 6.03 Å². The van der Waals surface area contributed by atoms with Crippen molar-refractivity contribution in [2.75, 3.05) is 25.0 Å². The summed E-state index contributed by atoms with van der Waals surface area (Å²) in [5.41, 5.74) is -0.0807. The fourth-order valence-electron chi connectivity index (χ4n) is 2.12. The van der Waals surface area contributed by atoms with Crippen LogP contribution in [0, 0.1) is 0 Å². The number of piperidine rings is 1. The van der Waals surface area contributed by atoms with Crippen LogP contribution < -0.4 is 10.6 Å². The van der Waals surface area contributed by atoms with E-state index in [0.29, 0.717) is 24.6 Å². The lowest BCUT2D eigenvalue weighted by molar-refractivity contribution is -0.133. The minimum Gasteiger partial charge on any atom is -0.341 e. The zero-order chi connectivity index (χ0) is 16.2. The molecule has 1 saturated heterocycles. The lowest BCUT2D eigenvalue weighted by Crippen LogP contribution is -2.41. The fourth-order valence-corrected chi connectivity index (χ4v) is 2.92. The molecule has 0 spiro atoms. The number of hydrogen-bond donors (Lipinski definition) is 2. The van der Waals surface area contributed by atoms with E-state index in [2.05, 4.69) is 20.8 Å². The van der Waals surface area contributed by atoms with Gasteiger partial charge in [0.1, 0.15) is 5.01 Å². The Labute approximate surface area is 134 Å². The summed E-state index contributed by atoms with van der Waals surface area (Å²) in [7, 11) is 0. The maximum atomic E-state index is 11.8. The first-order valence-electron chi connectivity index (χ1n) is 7.53. The van der Waals surface area contributed by atoms with E-state index in [0.717, 1.165) is 24.4 Å². The molecule has 3 amide bonds. The summed E-state index contributed by atoms with van der Waals surface area (Å²) in [6.07, 6.45) is 2.63. The Morgan fingerprint density at radius 2 is 2.09 bits per heavy atom. The number of carbonyl (C=O) groups excluding carboxylic acids is 2. The van der Waals surface area contributed by atoms with Crippen molar-refractivity contribution in [2.24, 2.45) is 0 Å². The van der Waals surface area contributed by atoms with Gasteiger partial charge in [0.25, 0.3) is 0 Å². The molecule has 2 rings (SSSR count). The second-order valence-corrected chi connectivity index (χ2v) is 7.36. The molecular formula is C14H23N5O2S. The fraction of sp³-hybridized carbons (Fsp3) is 0.714. The molecule has 0 atom stereocenters. The van der Waals surface area contributed by atoms with Crippen LogP contribution in [0.4, 0.5) is 9.93 Å². The van der Waals surface area contributed by atoms with Gasteiger partial charge in [-0.1, -0.05) is 32.1 Å². The summed E-state index contributed by atoms with van der Waals surface area (Å²) >= 11 is 1.37. The number of nitrogens with zero attached hydrogens (tertiary/aromatic N) is 3. The summed E-state index contributed by atoms with van der Waals surface area (Å²) in [6.45, 7) is 7.92. The molecule has 7 nitrogen and oxygen atoms in total. The highest BCUT2D eigenvalue weighted by Gasteiger charge is 2.20. The van der Waals surface area contributed by atoms with Gasteiger partial charge in [-0.3, -0.25) is 10.1 Å². The Morgan fingerprint density at radius 3 is 2.73 bits per heavy atom. The van der Waals surface area contributed by atoms with Crippen LogP contribution >= 0.6 is 11.3 Å². The highest BCUT2D eigenvalue weighted by Crippen LogP contribution is 2.27. The van der Waals surface area contributed by atoms with E-state index in [4.69, 9.17) is 0 Å². The third kappa shape index (κ3) is 4.66. The van der Waals surface area contributed by atoms with Gasteiger partial charge in [-0.15, -0.1) is 10.2 Å². The standard InChI is InChI=1S/C14H23N5O2S/c1-14(2,3)11-17-18-13(22-11)16-12(21)15-7-9-19-8-5-4-6-10(19)20/h4-9H2,1-3H3,(H2,15,16,18,21). The number of rotatable bonds is 4. The van der Waals surface area contributed by atoms with Gasteiger partial charge in [0.05, 0.1) is 0 Å². The van der Waals surface area contributed by atoms with Gasteiger partial charge in [0.2, 0.25) is 11.0 Å². The minimum absolute atomic E-state index is 0.0807. The SMILES string of the molecule is CC(C)(C)c1nnc(NC(=O)NCCN2CCCCC2=O)s1. The van der Waals surface area contributed by atoms with Crippen molar-refractivity contribution in [1.82, 2.24) is 20.4 Å². The largest absolute Gasteiger partial charge is 0.341 e. The van der Waals surface area contributed by atoms with E-state index in [1.54, 1.807) is 4.90 Å². The van der Waals surface area contributed by atoms with Crippen LogP contribution in [-0.4, -0.2) is 46.7 Å². The van der Waals surface area contributed by atoms with Crippen molar-refractivity contribution in [1.29, 1.82) is 0 Å². The number of carbonyl (C=O) groups is 2. The van der Waals surface area contributed by atoms with Crippen LogP contribution in [0.1, 0.15) is 45.0 Å². The Bertz CT molecular complexity index is 538. The topological polar surface area (TPSA) is 87.2 Å². The quantitative estimate of drug-likeness (QED) is 0.886. The van der Waals surface area contributed by atoms with Gasteiger partial charge in [-0.05, 0) is 12.8 Å². The number of likely N-dealkylation sites (tertiary alicyclic amines) is 1. The molecule has 1 aromatic rings. The van der Waals surface area contributed by atoms with Gasteiger partial charge in [-0.2, -0.15) is 0 Å². The molecule has 0 radical (unpaired) electrons. The van der Waals surface area contributed by atoms with Crippen molar-refractivity contribution < 1.29 is 9.59 Å². The number of anilines is 1. The van der Waals surface area contributed by atoms with E-state index < -0.39 is 0 Å². The van der Waals surface area contributed by atoms with Crippen molar-refractivity contribution in [3.63, 3.8) is 0 Å². The number of hydrogen-bond acceptors (Lipinski definition) is 5. The lowest BCUT2D eigenvalue weighted by atomic mass is 9.98. The van der Waals surface area contributed by atoms with E-state index in [-0.39, 0.29) is 17.4 Å². The Balaban J connectivity index is 1.74. The zero-order valence-corrected chi connectivity index (χ0v) is 14.1. The molecule has 1 aromatic heterocycles. The van der Waals surface area contributed by atoms with E-state index in [9.17, 15) is 9.59 Å². The molecule has 0 bridgehead atoms. The molecule has 0 unspecified atom stereocenters. The zero-order valence-electron chi connectivity index (χ0n) is 13.3. The molecule has 0 saturated carbocycles. The molecule has 1 aliphatic heterocycles. The van der Waals surface area contributed by atoms with Crippen molar-refractivity contribution in [2.45, 2.75) is 45.4 Å². The normalized spacial score (nSPS) is 15.8. The second kappa shape index (κ2) is 7.04. The van der Waals surface area contributed by atoms with E-state index in [1.807, 2.05) is 20.8 Å². The molecule has 8 heteroatoms. The third-order valence-electron chi connectivity index (χ3n) is 3.38. The van der Waals surface area contributed by atoms with Crippen LogP contribution in [0.5, 0.6) is 0 Å². The summed E-state index contributed by atoms with van der Waals surface area (Å²) in [5, 5.41) is 14.8. The molecule has 22 heavy (non-hydrogen) atoms. The van der Waals surface area contributed by atoms with Crippen molar-refractivity contribution in [3.8, 4) is 0 Å². The van der Waals surface area contributed by atoms with E-state index in [1.165, 1.54) is 11.3 Å². The Hall–Kier alpha value is -1.70. The van der Waals surface area contributed by atoms with Crippen LogP contribution in [0.2, 0.25) is 0 Å². The Kier molecular flexibility index (Phi) is 5.33. The molecule has 122 valence electrons. The second-order valence-electron chi connectivity index (χ2n) is 6.38. The van der Waals surface area contributed by atoms with Gasteiger partial charge in [0.15, 0.2) is 0 Å². The summed E-state index contributed by atoms with van der Waals surface area (Å²) in [4.78, 5) is 25.2. The van der Waals surface area contributed by atoms with E-state index >= 15 is 0 Å². The van der Waals surface area contributed by atoms with Gasteiger partial charge in [0, 0.05) is 31.5 Å². The first-order chi connectivity index (χ1) is 10.4. The average molecular weight is 325 g/mol. The first kappa shape index (κ1) is 16.7. The average Bonchev–Trinajstić information content (AvgIpc) is 2.89. The molecule has 2 heterocycles. The Morgan fingerprint density at radius 1 is 1.32 bits per heavy atom. The lowest BCUT2D eigenvalue weighted by Gasteiger charge is -2.26. The molecule has 0 aromatic carbocycles. The third-order valence-corrected chi connectivity index (χ3v) is 4.64. The van der Waals surface area contributed by atoms with Gasteiger partial charge < -0.3 is 10.2 Å². The minimum atomic E-state index is -0.318. The predicted octanol–water partition coefficient (Wildman–Crippen LogP) is 1.97. The van der Waals surface area contributed by atoms with Crippen molar-refractivity contribution in [3.05, 3.63) is 5.01 Å². The van der Waals surface area contributed by atoms with Crippen LogP contribution in [-0.2, 0) is 10.2 Å². The smallest absolute Gasteiger partial charge is 0.321 e. The maximum Gasteiger partial charge on any atom is 0.321 e. The number of nitrogens with one attached hydrogen (secondary N) is 2. The molecule has 1 aliphatic rings. The summed E-state index contributed by atoms with van der Waals surface area (Å²) < 4.78 is 0. The molecule has 1 fully saturated rings. The highest BCUT2D eigenvalue weighted by atomic mass is 32.1. The van der Waals surface area contributed by atoms with Crippen molar-refractivity contribution >= 4 is 28.4 Å². The molecular weight excluding hydrogens is 302 g/mol. The predicted molar refractivity (Wildman–Crippen MR) is 86.1 cm³/mol. The molecule has 0 aliphatic carbocycles. The molecule has 2 N–H and O–H groups in total. The van der Waals surface area contributed by atoms with Crippen LogP contribution in [0.25, 0.3) is 0 Å². The number of urea groups is 1. The van der Waals surface area contributed by atoms with Gasteiger partial charge in [-0.25, -0.2) is 4.79 Å². The monoisotopic (exact) mass is 325 g/mol. The van der Waals surface area contributed by atoms with Crippen LogP contribution in [0.15, 0.2) is 0 Å².